The van der Waals surface area contributed by atoms with Crippen LogP contribution in [0.25, 0.3) is 0 Å². The molecule has 1 heterocycles. The fourth-order valence-electron chi connectivity index (χ4n) is 3.97. The van der Waals surface area contributed by atoms with Crippen molar-refractivity contribution < 1.29 is 55.9 Å². The number of carboxylic acids is 2. The van der Waals surface area contributed by atoms with Crippen molar-refractivity contribution in [2.75, 3.05) is 19.6 Å². The number of aromatic carboxylic acids is 1. The van der Waals surface area contributed by atoms with Gasteiger partial charge in [-0.2, -0.15) is 14.2 Å². The van der Waals surface area contributed by atoms with Crippen LogP contribution in [0, 0.1) is 14.2 Å². The number of carboxylic acid groups (broad SMARTS) is 2. The Morgan fingerprint density at radius 2 is 1.48 bits per heavy atom. The molecule has 1 unspecified atom stereocenters. The van der Waals surface area contributed by atoms with Crippen LogP contribution in [0.1, 0.15) is 41.7 Å². The van der Waals surface area contributed by atoms with Crippen LogP contribution in [0.2, 0.25) is 0 Å². The minimum Gasteiger partial charge on any atom is -0.639 e. The molecule has 12 heteroatoms. The summed E-state index contributed by atoms with van der Waals surface area (Å²) in [6.45, 7) is -0.573. The van der Waals surface area contributed by atoms with E-state index in [1.54, 1.807) is 11.0 Å². The van der Waals surface area contributed by atoms with Crippen molar-refractivity contribution in [3.63, 3.8) is 0 Å². The van der Waals surface area contributed by atoms with Gasteiger partial charge in [-0.05, 0) is 25.0 Å². The largest absolute Gasteiger partial charge is 0.639 e. The van der Waals surface area contributed by atoms with Crippen LogP contribution < -0.4 is 0 Å². The van der Waals surface area contributed by atoms with Crippen molar-refractivity contribution in [1.82, 2.24) is 14.8 Å². The van der Waals surface area contributed by atoms with Crippen molar-refractivity contribution in [3.05, 3.63) is 43.8 Å². The van der Waals surface area contributed by atoms with E-state index in [1.807, 2.05) is 0 Å². The number of carbonyl (C=O) groups is 4. The molecule has 1 aromatic rings. The maximum atomic E-state index is 12.1. The summed E-state index contributed by atoms with van der Waals surface area (Å²) in [5.41, 5.74) is 0.561. The molecule has 2 N–H and O–H groups in total. The Labute approximate surface area is 202 Å². The van der Waals surface area contributed by atoms with Gasteiger partial charge >= 0.3 is 11.9 Å². The van der Waals surface area contributed by atoms with E-state index in [0.717, 1.165) is 12.8 Å². The third-order valence-electron chi connectivity index (χ3n) is 5.39. The molecule has 0 aliphatic heterocycles. The molecule has 1 aliphatic carbocycles. The normalized spacial score (nSPS) is 17.8. The maximum Gasteiger partial charge on any atom is 0.337 e. The van der Waals surface area contributed by atoms with Gasteiger partial charge in [0.15, 0.2) is 0 Å². The topological polar surface area (TPSA) is 147 Å². The summed E-state index contributed by atoms with van der Waals surface area (Å²) in [6.07, 6.45) is 4.18. The molecule has 1 aliphatic rings. The molecule has 2 rings (SSSR count). The number of aliphatic carboxylic acids is 1. The van der Waals surface area contributed by atoms with Crippen LogP contribution >= 0.6 is 0 Å². The summed E-state index contributed by atoms with van der Waals surface area (Å²) in [5, 5.41) is 18.4. The van der Waals surface area contributed by atoms with Gasteiger partial charge in [-0.3, -0.25) is 29.2 Å². The number of nitrogens with zero attached hydrogens (tertiary/aromatic N) is 3. The standard InChI is InChI=1S/C21H27N3O8.Mn/c1-31-19(27)12-23(10-15-8-7-14(9-22-15)21(29)30)16-5-3-4-6-17(16)24(11-18(25)26)13-20(28)32-2;/h7-9,16-17H,1-6,10-13H2,(H,25,26)(H,29,30);/q-2;/t16-,17?;/m0./s1. The predicted octanol–water partition coefficient (Wildman–Crippen LogP) is 0.947. The number of esters is 2. The Morgan fingerprint density at radius 3 is 1.94 bits per heavy atom. The molecule has 1 fully saturated rings. The number of pyridine rings is 1. The fraction of sp³-hybridized carbons (Fsp3) is 0.476. The van der Waals surface area contributed by atoms with Gasteiger partial charge in [0.2, 0.25) is 0 Å². The second-order valence-corrected chi connectivity index (χ2v) is 7.50. The van der Waals surface area contributed by atoms with E-state index in [0.29, 0.717) is 18.5 Å². The quantitative estimate of drug-likeness (QED) is 0.252. The van der Waals surface area contributed by atoms with Gasteiger partial charge in [-0.15, -0.1) is 0 Å². The molecule has 0 amide bonds. The fourth-order valence-corrected chi connectivity index (χ4v) is 3.97. The van der Waals surface area contributed by atoms with E-state index in [2.05, 4.69) is 28.7 Å². The van der Waals surface area contributed by atoms with Crippen LogP contribution in [0.5, 0.6) is 0 Å². The molecule has 11 nitrogen and oxygen atoms in total. The first kappa shape index (κ1) is 28.5. The molecule has 1 saturated carbocycles. The van der Waals surface area contributed by atoms with Gasteiger partial charge in [0.1, 0.15) is 0 Å². The molecular formula is C21H27MnN3O8-2. The van der Waals surface area contributed by atoms with E-state index >= 15 is 0 Å². The summed E-state index contributed by atoms with van der Waals surface area (Å²) in [7, 11) is 6.24. The minimum atomic E-state index is -1.10. The van der Waals surface area contributed by atoms with Crippen LogP contribution in [0.4, 0.5) is 0 Å². The Kier molecular flexibility index (Phi) is 12.0. The molecule has 1 radical (unpaired) electrons. The zero-order valence-corrected chi connectivity index (χ0v) is 19.2. The van der Waals surface area contributed by atoms with Crippen LogP contribution in [0.3, 0.4) is 0 Å². The molecule has 33 heavy (non-hydrogen) atoms. The summed E-state index contributed by atoms with van der Waals surface area (Å²) in [4.78, 5) is 53.9. The van der Waals surface area contributed by atoms with Crippen LogP contribution in [-0.2, 0) is 47.5 Å². The number of carbonyl (C=O) groups excluding carboxylic acids is 2. The second kappa shape index (κ2) is 13.9. The van der Waals surface area contributed by atoms with Crippen molar-refractivity contribution >= 4 is 23.9 Å². The van der Waals surface area contributed by atoms with Crippen LogP contribution in [-0.4, -0.2) is 80.6 Å². The molecule has 0 bridgehead atoms. The van der Waals surface area contributed by atoms with Crippen molar-refractivity contribution in [2.45, 2.75) is 44.3 Å². The first-order chi connectivity index (χ1) is 15.2. The minimum absolute atomic E-state index is 0. The third-order valence-corrected chi connectivity index (χ3v) is 5.39. The molecule has 1 aromatic heterocycles. The monoisotopic (exact) mass is 504 g/mol. The number of hydrogen-bond donors (Lipinski definition) is 2. The van der Waals surface area contributed by atoms with Crippen molar-refractivity contribution in [1.29, 1.82) is 0 Å². The zero-order valence-electron chi connectivity index (χ0n) is 18.0. The average Bonchev–Trinajstić information content (AvgIpc) is 2.78. The number of hydrogen-bond acceptors (Lipinski definition) is 9. The Hall–Kier alpha value is -2.53. The first-order valence-corrected chi connectivity index (χ1v) is 10.0. The van der Waals surface area contributed by atoms with Gasteiger partial charge < -0.3 is 19.7 Å². The SMILES string of the molecule is [CH2-]OC(=O)CN(CC(=O)O)C1CCCC[C@@H]1N(CC(=O)O[CH2-])Cc1ccc(C(=O)O)cn1.[Mn]. The predicted molar refractivity (Wildman–Crippen MR) is 110 cm³/mol. The Bertz CT molecular complexity index is 820. The van der Waals surface area contributed by atoms with Gasteiger partial charge in [0.25, 0.3) is 11.9 Å². The van der Waals surface area contributed by atoms with Gasteiger partial charge in [-0.1, -0.05) is 12.8 Å². The van der Waals surface area contributed by atoms with E-state index in [-0.39, 0.29) is 60.9 Å². The van der Waals surface area contributed by atoms with E-state index in [4.69, 9.17) is 5.11 Å². The zero-order chi connectivity index (χ0) is 23.7. The van der Waals surface area contributed by atoms with Gasteiger partial charge in [0, 0.05) is 41.9 Å². The van der Waals surface area contributed by atoms with E-state index < -0.39 is 23.9 Å². The van der Waals surface area contributed by atoms with E-state index in [9.17, 15) is 24.3 Å². The Balaban J connectivity index is 0.00000544. The molecule has 183 valence electrons. The molecule has 0 saturated heterocycles. The van der Waals surface area contributed by atoms with Gasteiger partial charge in [-0.25, -0.2) is 4.79 Å². The second-order valence-electron chi connectivity index (χ2n) is 7.50. The summed E-state index contributed by atoms with van der Waals surface area (Å²) >= 11 is 0. The number of aromatic nitrogens is 1. The van der Waals surface area contributed by atoms with Crippen LogP contribution in [0.15, 0.2) is 18.3 Å². The number of ether oxygens (including phenoxy) is 2. The van der Waals surface area contributed by atoms with Crippen molar-refractivity contribution in [2.24, 2.45) is 0 Å². The summed E-state index contributed by atoms with van der Waals surface area (Å²) < 4.78 is 9.06. The summed E-state index contributed by atoms with van der Waals surface area (Å²) in [5.74, 6) is -3.44. The first-order valence-electron chi connectivity index (χ1n) is 10.0. The molecular weight excluding hydrogens is 477 g/mol. The van der Waals surface area contributed by atoms with Crippen molar-refractivity contribution in [3.8, 4) is 0 Å². The molecule has 2 atom stereocenters. The smallest absolute Gasteiger partial charge is 0.337 e. The maximum absolute atomic E-state index is 12.1. The van der Waals surface area contributed by atoms with E-state index in [1.165, 1.54) is 17.2 Å². The average molecular weight is 504 g/mol. The molecule has 0 aromatic carbocycles. The van der Waals surface area contributed by atoms with Gasteiger partial charge in [0.05, 0.1) is 30.9 Å². The Morgan fingerprint density at radius 1 is 0.939 bits per heavy atom. The third kappa shape index (κ3) is 8.73. The molecule has 0 spiro atoms. The summed E-state index contributed by atoms with van der Waals surface area (Å²) in [6, 6.07) is 2.33. The number of rotatable bonds is 11.